The van der Waals surface area contributed by atoms with Gasteiger partial charge in [-0.2, -0.15) is 52.7 Å². The van der Waals surface area contributed by atoms with Gasteiger partial charge in [-0.1, -0.05) is 139 Å². The number of aryl methyl sites for hydroxylation is 4. The van der Waals surface area contributed by atoms with Gasteiger partial charge in [0.1, 0.15) is 28.5 Å². The molecule has 0 saturated heterocycles. The van der Waals surface area contributed by atoms with Crippen molar-refractivity contribution in [3.63, 3.8) is 0 Å². The Labute approximate surface area is 888 Å². The number of nitrogens with zero attached hydrogens (tertiary/aromatic N) is 32. The second kappa shape index (κ2) is 53.3. The minimum absolute atomic E-state index is 0. The minimum Gasteiger partial charge on any atom is -0.573 e. The minimum atomic E-state index is -4.46. The molecule has 1 N–H and O–H groups in total. The van der Waals surface area contributed by atoms with Crippen LogP contribution in [0.1, 0.15) is 107 Å². The van der Waals surface area contributed by atoms with Crippen molar-refractivity contribution in [2.24, 2.45) is 5.41 Å². The zero-order valence-corrected chi connectivity index (χ0v) is 87.2. The van der Waals surface area contributed by atoms with Crippen LogP contribution >= 0.6 is 0 Å². The number of carboxylic acids is 1. The van der Waals surface area contributed by atoms with Crippen molar-refractivity contribution in [1.29, 1.82) is 0 Å². The monoisotopic (exact) mass is 2880 g/mol. The molecule has 756 valence electrons. The third kappa shape index (κ3) is 31.6. The summed E-state index contributed by atoms with van der Waals surface area (Å²) < 4.78 is 146. The van der Waals surface area contributed by atoms with E-state index in [-0.39, 0.29) is 145 Å². The van der Waals surface area contributed by atoms with Gasteiger partial charge < -0.3 is 96.7 Å². The molecule has 1 fully saturated rings. The Morgan fingerprint density at radius 2 is 0.676 bits per heavy atom. The molecule has 1 aromatic carbocycles. The van der Waals surface area contributed by atoms with Crippen LogP contribution in [0.4, 0.5) is 52.7 Å². The first-order chi connectivity index (χ1) is 67.1. The fraction of sp³-hybridized carbons (Fsp3) is 0.170. The summed E-state index contributed by atoms with van der Waals surface area (Å²) in [5, 5.41) is 76.7. The van der Waals surface area contributed by atoms with Crippen LogP contribution in [0.5, 0.6) is 0 Å². The zero-order valence-electron chi connectivity index (χ0n) is 75.8. The molecule has 1 saturated carbocycles. The second-order valence-electron chi connectivity index (χ2n) is 30.4. The average Bonchev–Trinajstić information content (AvgIpc) is 1.52. The van der Waals surface area contributed by atoms with E-state index in [4.69, 9.17) is 5.11 Å². The summed E-state index contributed by atoms with van der Waals surface area (Å²) >= 11 is 0. The third-order valence-electron chi connectivity index (χ3n) is 20.5. The van der Waals surface area contributed by atoms with Gasteiger partial charge in [0.2, 0.25) is 0 Å². The molecule has 145 heavy (non-hydrogen) atoms. The van der Waals surface area contributed by atoms with Gasteiger partial charge in [0.05, 0.1) is 40.9 Å². The normalized spacial score (nSPS) is 13.1. The van der Waals surface area contributed by atoms with E-state index in [0.29, 0.717) is 52.0 Å². The molecule has 2 atom stereocenters. The van der Waals surface area contributed by atoms with Crippen molar-refractivity contribution in [3.8, 4) is 103 Å². The van der Waals surface area contributed by atoms with Crippen LogP contribution in [-0.2, 0) is 135 Å². The molecule has 0 spiro atoms. The Balaban J connectivity index is 0.000000198. The van der Waals surface area contributed by atoms with E-state index in [0.717, 1.165) is 81.2 Å². The van der Waals surface area contributed by atoms with Gasteiger partial charge in [-0.25, -0.2) is 9.78 Å². The second-order valence-corrected chi connectivity index (χ2v) is 30.4. The molecule has 51 heteroatoms. The quantitative estimate of drug-likeness (QED) is 0.124. The Morgan fingerprint density at radius 3 is 0.966 bits per heavy atom. The van der Waals surface area contributed by atoms with Crippen LogP contribution in [-0.4, -0.2) is 127 Å². The molecule has 34 nitrogen and oxygen atoms in total. The number of alkyl halides is 12. The molecule has 19 heterocycles. The first-order valence-electron chi connectivity index (χ1n) is 41.5. The average molecular weight is 2890 g/mol. The number of carbonyl (C=O) groups is 1. The summed E-state index contributed by atoms with van der Waals surface area (Å²) in [6.07, 6.45) is 7.19. The van der Waals surface area contributed by atoms with Gasteiger partial charge in [0.25, 0.3) is 0 Å². The summed E-state index contributed by atoms with van der Waals surface area (Å²) in [6, 6.07) is 53.4. The number of fused-ring (bicyclic) bond motifs is 6. The van der Waals surface area contributed by atoms with E-state index in [1.165, 1.54) is 71.9 Å². The fourth-order valence-electron chi connectivity index (χ4n) is 13.5. The van der Waals surface area contributed by atoms with Crippen molar-refractivity contribution in [2.75, 3.05) is 0 Å². The van der Waals surface area contributed by atoms with Crippen molar-refractivity contribution in [1.82, 2.24) is 162 Å². The number of rotatable bonds is 10. The molecule has 2 aliphatic rings. The third-order valence-corrected chi connectivity index (χ3v) is 20.5. The maximum atomic E-state index is 12.2. The number of hydrogen-bond acceptors (Lipinski definition) is 24. The molecule has 2 bridgehead atoms. The van der Waals surface area contributed by atoms with E-state index in [9.17, 15) is 57.5 Å². The predicted octanol–water partition coefficient (Wildman–Crippen LogP) is 16.9. The molecular weight excluding hydrogens is 2810 g/mol. The molecule has 0 amide bonds. The Hall–Kier alpha value is -14.3. The summed E-state index contributed by atoms with van der Waals surface area (Å²) in [7, 11) is 0. The van der Waals surface area contributed by atoms with Crippen molar-refractivity contribution in [3.05, 3.63) is 344 Å². The number of aromatic carboxylic acids is 1. The molecule has 19 aromatic heterocycles. The molecule has 2 unspecified atom stereocenters. The van der Waals surface area contributed by atoms with E-state index >= 15 is 0 Å². The standard InChI is InChI=1S/C20H20N3.4C9H5F3N3.4C8H7N4.C6H5NO2.5Pt/c1-19(2)14-8-10-20(19,3)18-15(14)17(22-23-18)16-13-7-5-4-6-12(13)9-11-21-16;4*10-9(11,12)8-5-7(14-15-8)6-3-1-2-4-13-6;2*1-6-4-7(12-11-6)8-5-9-2-3-10-8;2*1-6-10-8(12-11-6)7-4-2-3-5-9-7;8-6(9)5-3-1-2-4-7-5;;;;;/h4-7,9,11,14H,8,10H2,1-3H3;4*1-5H;4*2-5H,1H3;1-4H,(H,8,9);;;;;/q9*-1;;;4*+2. The van der Waals surface area contributed by atoms with Crippen molar-refractivity contribution >= 4 is 16.7 Å². The largest absolute Gasteiger partial charge is 2.00 e. The topological polar surface area (TPSA) is 461 Å². The van der Waals surface area contributed by atoms with E-state index in [1.54, 1.807) is 148 Å². The number of pyridine rings is 8. The molecule has 20 aromatic rings. The van der Waals surface area contributed by atoms with Crippen molar-refractivity contribution < 1.29 is 168 Å². The SMILES string of the molecule is CC12CCC(c3c1n[n-]c3-c1nccc3ccccc13)C2(C)C.Cc1cc(-c2cnccn2)[n-]n1.Cc1cc(-c2cnccn2)[n-]n1.Cc1n[n-]c(-c2ccccn2)n1.Cc1n[n-]c(-c2ccccn2)n1.FC(F)(F)c1cc(-c2ccccn2)[n-]n1.FC(F)(F)c1cc(-c2ccccn2)[n-]n1.FC(F)(F)c1cc(-c2ccccn2)[n-]n1.FC(F)(F)c1cc(-c2ccccn2)[n-]n1.O=C(O)c1ccccn1.[Pt+2].[Pt+2].[Pt+2].[Pt+2].[Pt]. The van der Waals surface area contributed by atoms with Gasteiger partial charge in [-0.15, -0.1) is 0 Å². The number of benzene rings is 1. The molecule has 2 aliphatic carbocycles. The molecule has 22 rings (SSSR count). The first kappa shape index (κ1) is 116. The summed E-state index contributed by atoms with van der Waals surface area (Å²) in [5.41, 5.74) is 9.52. The van der Waals surface area contributed by atoms with E-state index in [1.807, 2.05) is 68.6 Å². The van der Waals surface area contributed by atoms with Gasteiger partial charge in [0, 0.05) is 158 Å². The molecule has 0 aliphatic heterocycles. The summed E-state index contributed by atoms with van der Waals surface area (Å²) in [4.78, 5) is 66.4. The fourth-order valence-corrected chi connectivity index (χ4v) is 13.5. The zero-order chi connectivity index (χ0) is 99.6. The van der Waals surface area contributed by atoms with E-state index < -0.39 is 53.5 Å². The molecular formula is C94H73F12N32O2Pt5-. The Kier molecular flexibility index (Phi) is 42.6. The Bertz CT molecular complexity index is 6600. The number of aromatic nitrogens is 32. The van der Waals surface area contributed by atoms with Crippen LogP contribution < -0.4 is 45.9 Å². The van der Waals surface area contributed by atoms with Gasteiger partial charge in [0.15, 0.2) is 0 Å². The number of carboxylic acid groups (broad SMARTS) is 1. The first-order valence-corrected chi connectivity index (χ1v) is 41.5. The van der Waals surface area contributed by atoms with Gasteiger partial charge in [-0.05, 0) is 190 Å². The van der Waals surface area contributed by atoms with Crippen LogP contribution in [0.15, 0.2) is 281 Å². The van der Waals surface area contributed by atoms with Crippen LogP contribution in [0.3, 0.4) is 0 Å². The maximum absolute atomic E-state index is 12.2. The van der Waals surface area contributed by atoms with Crippen LogP contribution in [0.2, 0.25) is 0 Å². The van der Waals surface area contributed by atoms with Crippen LogP contribution in [0, 0.1) is 33.1 Å². The maximum Gasteiger partial charge on any atom is 2.00 e. The smallest absolute Gasteiger partial charge is 0.573 e. The number of halogens is 12. The van der Waals surface area contributed by atoms with Crippen molar-refractivity contribution in [2.45, 2.75) is 97.3 Å². The molecule has 0 radical (unpaired) electrons. The van der Waals surface area contributed by atoms with E-state index in [2.05, 4.69) is 213 Å². The van der Waals surface area contributed by atoms with Gasteiger partial charge in [-0.3, -0.25) is 65.0 Å². The summed E-state index contributed by atoms with van der Waals surface area (Å²) in [5.74, 6) is 2.09. The van der Waals surface area contributed by atoms with Crippen LogP contribution in [0.25, 0.3) is 114 Å². The Morgan fingerprint density at radius 1 is 0.345 bits per heavy atom. The predicted molar refractivity (Wildman–Crippen MR) is 479 cm³/mol. The summed E-state index contributed by atoms with van der Waals surface area (Å²) in [6.45, 7) is 14.6. The van der Waals surface area contributed by atoms with Gasteiger partial charge >= 0.3 is 115 Å². The number of hydrogen-bond donors (Lipinski definition) is 1.